The molecule has 0 aliphatic rings. The van der Waals surface area contributed by atoms with Crippen LogP contribution in [0.15, 0.2) is 18.3 Å². The Bertz CT molecular complexity index is 235. The van der Waals surface area contributed by atoms with E-state index in [0.29, 0.717) is 5.82 Å². The van der Waals surface area contributed by atoms with E-state index in [2.05, 4.69) is 4.98 Å². The smallest absolute Gasteiger partial charge is 0.123 e. The van der Waals surface area contributed by atoms with Gasteiger partial charge in [-0.1, -0.05) is 6.92 Å². The quantitative estimate of drug-likeness (QED) is 0.664. The lowest BCUT2D eigenvalue weighted by Gasteiger charge is -2.08. The molecule has 0 aliphatic carbocycles. The van der Waals surface area contributed by atoms with E-state index >= 15 is 0 Å². The zero-order chi connectivity index (χ0) is 8.27. The highest BCUT2D eigenvalue weighted by molar-refractivity contribution is 5.33. The second kappa shape index (κ2) is 3.34. The summed E-state index contributed by atoms with van der Waals surface area (Å²) in [7, 11) is 0. The molecule has 3 nitrogen and oxygen atoms in total. The molecule has 0 fully saturated rings. The van der Waals surface area contributed by atoms with Gasteiger partial charge in [0.25, 0.3) is 0 Å². The highest BCUT2D eigenvalue weighted by atomic mass is 14.8. The van der Waals surface area contributed by atoms with Crippen molar-refractivity contribution in [3.8, 4) is 0 Å². The van der Waals surface area contributed by atoms with Gasteiger partial charge in [-0.2, -0.15) is 0 Å². The van der Waals surface area contributed by atoms with Gasteiger partial charge in [0, 0.05) is 12.2 Å². The van der Waals surface area contributed by atoms with Gasteiger partial charge >= 0.3 is 0 Å². The fraction of sp³-hybridized carbons (Fsp3) is 0.375. The van der Waals surface area contributed by atoms with Crippen LogP contribution in [0, 0.1) is 0 Å². The Labute approximate surface area is 66.4 Å². The third-order valence-corrected chi connectivity index (χ3v) is 1.67. The Hall–Kier alpha value is -1.09. The van der Waals surface area contributed by atoms with Gasteiger partial charge in [0.15, 0.2) is 0 Å². The van der Waals surface area contributed by atoms with Gasteiger partial charge in [-0.15, -0.1) is 0 Å². The molecule has 0 aromatic carbocycles. The number of hydrogen-bond donors (Lipinski definition) is 2. The Morgan fingerprint density at radius 2 is 2.36 bits per heavy atom. The Morgan fingerprint density at radius 3 is 2.91 bits per heavy atom. The summed E-state index contributed by atoms with van der Waals surface area (Å²) in [5.41, 5.74) is 12.3. The highest BCUT2D eigenvalue weighted by Gasteiger charge is 2.02. The van der Waals surface area contributed by atoms with Crippen molar-refractivity contribution in [1.29, 1.82) is 0 Å². The third kappa shape index (κ3) is 1.91. The molecule has 0 unspecified atom stereocenters. The summed E-state index contributed by atoms with van der Waals surface area (Å²) in [5, 5.41) is 0. The molecular weight excluding hydrogens is 138 g/mol. The molecule has 0 aliphatic heterocycles. The number of aromatic nitrogens is 1. The van der Waals surface area contributed by atoms with Gasteiger partial charge < -0.3 is 11.5 Å². The predicted molar refractivity (Wildman–Crippen MR) is 45.9 cm³/mol. The zero-order valence-corrected chi connectivity index (χ0v) is 6.62. The first kappa shape index (κ1) is 8.01. The fourth-order valence-corrected chi connectivity index (χ4v) is 0.932. The van der Waals surface area contributed by atoms with Crippen molar-refractivity contribution < 1.29 is 0 Å². The molecule has 1 rings (SSSR count). The van der Waals surface area contributed by atoms with Crippen molar-refractivity contribution in [1.82, 2.24) is 4.98 Å². The van der Waals surface area contributed by atoms with E-state index in [1.165, 1.54) is 0 Å². The van der Waals surface area contributed by atoms with E-state index in [-0.39, 0.29) is 6.04 Å². The van der Waals surface area contributed by atoms with Crippen molar-refractivity contribution in [3.63, 3.8) is 0 Å². The first-order chi connectivity index (χ1) is 5.24. The number of hydrogen-bond acceptors (Lipinski definition) is 3. The average Bonchev–Trinajstić information content (AvgIpc) is 2.03. The average molecular weight is 151 g/mol. The van der Waals surface area contributed by atoms with Crippen LogP contribution in [0.1, 0.15) is 24.9 Å². The second-order valence-corrected chi connectivity index (χ2v) is 2.53. The maximum atomic E-state index is 5.78. The fourth-order valence-electron chi connectivity index (χ4n) is 0.932. The van der Waals surface area contributed by atoms with Gasteiger partial charge in [-0.05, 0) is 24.1 Å². The lowest BCUT2D eigenvalue weighted by atomic mass is 10.1. The summed E-state index contributed by atoms with van der Waals surface area (Å²) in [6.07, 6.45) is 2.60. The van der Waals surface area contributed by atoms with E-state index < -0.39 is 0 Å². The molecule has 0 radical (unpaired) electrons. The second-order valence-electron chi connectivity index (χ2n) is 2.53. The lowest BCUT2D eigenvalue weighted by Crippen LogP contribution is -2.09. The Balaban J connectivity index is 2.86. The molecule has 60 valence electrons. The van der Waals surface area contributed by atoms with E-state index in [0.717, 1.165) is 12.0 Å². The first-order valence-electron chi connectivity index (χ1n) is 3.71. The van der Waals surface area contributed by atoms with Crippen LogP contribution in [0.5, 0.6) is 0 Å². The van der Waals surface area contributed by atoms with Crippen LogP contribution in [0.3, 0.4) is 0 Å². The monoisotopic (exact) mass is 151 g/mol. The largest absolute Gasteiger partial charge is 0.384 e. The molecule has 4 N–H and O–H groups in total. The maximum Gasteiger partial charge on any atom is 0.123 e. The number of rotatable bonds is 2. The summed E-state index contributed by atoms with van der Waals surface area (Å²) in [4.78, 5) is 3.88. The molecule has 3 heteroatoms. The van der Waals surface area contributed by atoms with Gasteiger partial charge in [0.2, 0.25) is 0 Å². The van der Waals surface area contributed by atoms with Gasteiger partial charge in [-0.3, -0.25) is 0 Å². The molecule has 1 heterocycles. The molecule has 0 saturated carbocycles. The Kier molecular flexibility index (Phi) is 2.44. The maximum absolute atomic E-state index is 5.78. The summed E-state index contributed by atoms with van der Waals surface area (Å²) in [6.45, 7) is 2.04. The summed E-state index contributed by atoms with van der Waals surface area (Å²) in [5.74, 6) is 0.534. The van der Waals surface area contributed by atoms with Crippen molar-refractivity contribution in [2.75, 3.05) is 5.73 Å². The van der Waals surface area contributed by atoms with Crippen LogP contribution in [0.2, 0.25) is 0 Å². The molecule has 0 spiro atoms. The molecule has 0 bridgehead atoms. The minimum absolute atomic E-state index is 0.0836. The lowest BCUT2D eigenvalue weighted by molar-refractivity contribution is 0.698. The van der Waals surface area contributed by atoms with Crippen LogP contribution in [-0.2, 0) is 0 Å². The van der Waals surface area contributed by atoms with E-state index in [1.807, 2.05) is 19.1 Å². The number of nitrogens with zero attached hydrogens (tertiary/aromatic N) is 1. The van der Waals surface area contributed by atoms with E-state index in [4.69, 9.17) is 11.5 Å². The highest BCUT2D eigenvalue weighted by Crippen LogP contribution is 2.13. The Morgan fingerprint density at radius 1 is 1.64 bits per heavy atom. The first-order valence-corrected chi connectivity index (χ1v) is 3.71. The molecule has 1 aromatic heterocycles. The number of pyridine rings is 1. The molecule has 1 aromatic rings. The molecule has 0 amide bonds. The minimum Gasteiger partial charge on any atom is -0.384 e. The number of nitrogen functional groups attached to an aromatic ring is 1. The SMILES string of the molecule is CC[C@H](N)c1ccnc(N)c1. The zero-order valence-electron chi connectivity index (χ0n) is 6.62. The molecule has 1 atom stereocenters. The number of nitrogens with two attached hydrogens (primary N) is 2. The van der Waals surface area contributed by atoms with E-state index in [1.54, 1.807) is 6.20 Å². The van der Waals surface area contributed by atoms with E-state index in [9.17, 15) is 0 Å². The van der Waals surface area contributed by atoms with Crippen LogP contribution in [0.25, 0.3) is 0 Å². The summed E-state index contributed by atoms with van der Waals surface area (Å²) < 4.78 is 0. The van der Waals surface area contributed by atoms with Crippen molar-refractivity contribution in [2.24, 2.45) is 5.73 Å². The van der Waals surface area contributed by atoms with Crippen LogP contribution in [-0.4, -0.2) is 4.98 Å². The predicted octanol–water partition coefficient (Wildman–Crippen LogP) is 1.07. The van der Waals surface area contributed by atoms with Gasteiger partial charge in [0.1, 0.15) is 5.82 Å². The van der Waals surface area contributed by atoms with Crippen molar-refractivity contribution in [3.05, 3.63) is 23.9 Å². The summed E-state index contributed by atoms with van der Waals surface area (Å²) >= 11 is 0. The standard InChI is InChI=1S/C8H13N3/c1-2-7(9)6-3-4-11-8(10)5-6/h3-5,7H,2,9H2,1H3,(H2,10,11)/t7-/m0/s1. The van der Waals surface area contributed by atoms with Crippen LogP contribution in [0.4, 0.5) is 5.82 Å². The topological polar surface area (TPSA) is 64.9 Å². The minimum atomic E-state index is 0.0836. The normalized spacial score (nSPS) is 12.9. The summed E-state index contributed by atoms with van der Waals surface area (Å²) in [6, 6.07) is 3.79. The molecule has 0 saturated heterocycles. The van der Waals surface area contributed by atoms with Crippen molar-refractivity contribution >= 4 is 5.82 Å². The number of anilines is 1. The molecule has 11 heavy (non-hydrogen) atoms. The third-order valence-electron chi connectivity index (χ3n) is 1.67. The van der Waals surface area contributed by atoms with Gasteiger partial charge in [0.05, 0.1) is 0 Å². The van der Waals surface area contributed by atoms with Gasteiger partial charge in [-0.25, -0.2) is 4.98 Å². The van der Waals surface area contributed by atoms with Crippen molar-refractivity contribution in [2.45, 2.75) is 19.4 Å². The van der Waals surface area contributed by atoms with Crippen LogP contribution >= 0.6 is 0 Å². The molecular formula is C8H13N3. The van der Waals surface area contributed by atoms with Crippen LogP contribution < -0.4 is 11.5 Å².